The number of benzene rings is 1. The third-order valence-electron chi connectivity index (χ3n) is 4.88. The molecule has 0 radical (unpaired) electrons. The number of amidine groups is 1. The molecule has 182 valence electrons. The summed E-state index contributed by atoms with van der Waals surface area (Å²) in [6.45, 7) is 3.45. The van der Waals surface area contributed by atoms with E-state index in [1.807, 2.05) is 0 Å². The van der Waals surface area contributed by atoms with Crippen LogP contribution in [0.2, 0.25) is 0 Å². The van der Waals surface area contributed by atoms with Gasteiger partial charge in [-0.05, 0) is 37.6 Å². The van der Waals surface area contributed by atoms with E-state index in [0.717, 1.165) is 6.07 Å². The summed E-state index contributed by atoms with van der Waals surface area (Å²) in [5, 5.41) is 15.5. The summed E-state index contributed by atoms with van der Waals surface area (Å²) in [6, 6.07) is 4.00. The van der Waals surface area contributed by atoms with Crippen molar-refractivity contribution in [3.05, 3.63) is 57.5 Å². The van der Waals surface area contributed by atoms with Crippen LogP contribution in [-0.4, -0.2) is 31.6 Å². The molecule has 1 amide bonds. The molecule has 1 aliphatic heterocycles. The molecule has 0 spiro atoms. The van der Waals surface area contributed by atoms with Crippen LogP contribution in [0.1, 0.15) is 46.8 Å². The van der Waals surface area contributed by atoms with Crippen molar-refractivity contribution in [3.8, 4) is 5.75 Å². The van der Waals surface area contributed by atoms with Gasteiger partial charge in [-0.3, -0.25) is 9.59 Å². The number of nitrogens with one attached hydrogen (secondary N) is 2. The molecule has 10 nitrogen and oxygen atoms in total. The van der Waals surface area contributed by atoms with Gasteiger partial charge >= 0.3 is 6.18 Å². The number of phenolic OH excluding ortho intramolecular Hbond substituents is 1. The Morgan fingerprint density at radius 1 is 1.29 bits per heavy atom. The minimum Gasteiger partial charge on any atom is -0.505 e. The number of primary amides is 1. The van der Waals surface area contributed by atoms with Gasteiger partial charge in [0.1, 0.15) is 23.0 Å². The second kappa shape index (κ2) is 8.85. The van der Waals surface area contributed by atoms with Crippen LogP contribution in [-0.2, 0) is 21.0 Å². The molecule has 0 bridgehead atoms. The number of rotatable bonds is 7. The van der Waals surface area contributed by atoms with Gasteiger partial charge in [-0.1, -0.05) is 6.92 Å². The number of carbonyl (C=O) groups is 2. The van der Waals surface area contributed by atoms with Crippen molar-refractivity contribution in [2.45, 2.75) is 32.5 Å². The molecular formula is C20H19F3N4O6S. The van der Waals surface area contributed by atoms with Crippen LogP contribution in [0.15, 0.2) is 43.7 Å². The van der Waals surface area contributed by atoms with Gasteiger partial charge in [0, 0.05) is 0 Å². The summed E-state index contributed by atoms with van der Waals surface area (Å²) in [5.74, 6) is -1.89. The maximum Gasteiger partial charge on any atom is 0.417 e. The number of halogens is 3. The highest BCUT2D eigenvalue weighted by Crippen LogP contribution is 2.39. The van der Waals surface area contributed by atoms with Crippen LogP contribution in [0.25, 0.3) is 0 Å². The van der Waals surface area contributed by atoms with E-state index in [9.17, 15) is 36.3 Å². The number of aromatic hydroxyl groups is 1. The summed E-state index contributed by atoms with van der Waals surface area (Å²) in [7, 11) is -4.59. The van der Waals surface area contributed by atoms with Crippen molar-refractivity contribution in [3.63, 3.8) is 0 Å². The molecule has 1 aromatic carbocycles. The van der Waals surface area contributed by atoms with Crippen molar-refractivity contribution < 1.29 is 40.7 Å². The van der Waals surface area contributed by atoms with E-state index < -0.39 is 61.3 Å². The zero-order valence-corrected chi connectivity index (χ0v) is 18.5. The number of aldehydes is 1. The van der Waals surface area contributed by atoms with Crippen LogP contribution >= 0.6 is 0 Å². The van der Waals surface area contributed by atoms with Crippen molar-refractivity contribution >= 4 is 33.7 Å². The first-order valence-corrected chi connectivity index (χ1v) is 11.1. The number of hydrogen-bond donors (Lipinski definition) is 4. The minimum atomic E-state index is -4.94. The van der Waals surface area contributed by atoms with Crippen LogP contribution in [0.4, 0.5) is 18.9 Å². The lowest BCUT2D eigenvalue weighted by Gasteiger charge is -2.19. The summed E-state index contributed by atoms with van der Waals surface area (Å²) < 4.78 is 73.5. The van der Waals surface area contributed by atoms with Gasteiger partial charge < -0.3 is 25.9 Å². The summed E-state index contributed by atoms with van der Waals surface area (Å²) in [5.41, 5.74) is 1.75. The number of furan rings is 1. The predicted molar refractivity (Wildman–Crippen MR) is 114 cm³/mol. The molecule has 1 atom stereocenters. The van der Waals surface area contributed by atoms with Gasteiger partial charge in [0.05, 0.1) is 22.9 Å². The molecule has 0 unspecified atom stereocenters. The van der Waals surface area contributed by atoms with E-state index in [1.54, 1.807) is 26.0 Å². The van der Waals surface area contributed by atoms with Gasteiger partial charge in [-0.15, -0.1) is 4.40 Å². The van der Waals surface area contributed by atoms with Crippen molar-refractivity contribution in [1.29, 1.82) is 0 Å². The highest BCUT2D eigenvalue weighted by atomic mass is 32.2. The number of amides is 1. The molecule has 0 fully saturated rings. The number of aryl methyl sites for hydroxylation is 1. The van der Waals surface area contributed by atoms with E-state index in [4.69, 9.17) is 10.2 Å². The number of nitrogens with two attached hydrogens (primary N) is 1. The second-order valence-electron chi connectivity index (χ2n) is 7.20. The summed E-state index contributed by atoms with van der Waals surface area (Å²) >= 11 is 0. The monoisotopic (exact) mass is 500 g/mol. The third kappa shape index (κ3) is 4.62. The highest BCUT2D eigenvalue weighted by Gasteiger charge is 2.39. The summed E-state index contributed by atoms with van der Waals surface area (Å²) in [4.78, 5) is 22.2. The Balaban J connectivity index is 2.09. The molecule has 1 aliphatic rings. The standard InChI is InChI=1S/C20H19F3N4O6S/c1-3-12(14-7-4-9(2)33-14)26-19-15(17(18(24)30)34(31,32)27-19)25-13-6-5-11(20(21,22)23)10(8-28)16(13)29/h4-8,12,25,29H,3H2,1-2H3,(H2,24,30)(H,26,27)/t12-/m1/s1. The number of sulfonamides is 1. The van der Waals surface area contributed by atoms with Crippen LogP contribution in [0.5, 0.6) is 5.75 Å². The maximum absolute atomic E-state index is 13.2. The molecule has 1 aromatic heterocycles. The van der Waals surface area contributed by atoms with Crippen LogP contribution in [0.3, 0.4) is 0 Å². The van der Waals surface area contributed by atoms with Gasteiger partial charge in [-0.25, -0.2) is 0 Å². The van der Waals surface area contributed by atoms with Crippen molar-refractivity contribution in [1.82, 2.24) is 5.32 Å². The average Bonchev–Trinajstić information content (AvgIpc) is 3.26. The molecule has 0 saturated heterocycles. The number of nitrogens with zero attached hydrogens (tertiary/aromatic N) is 1. The van der Waals surface area contributed by atoms with E-state index in [0.29, 0.717) is 24.0 Å². The lowest BCUT2D eigenvalue weighted by Crippen LogP contribution is -2.32. The quantitative estimate of drug-likeness (QED) is 0.333. The van der Waals surface area contributed by atoms with E-state index in [-0.39, 0.29) is 12.1 Å². The molecule has 34 heavy (non-hydrogen) atoms. The Morgan fingerprint density at radius 3 is 2.47 bits per heavy atom. The van der Waals surface area contributed by atoms with E-state index in [2.05, 4.69) is 15.0 Å². The largest absolute Gasteiger partial charge is 0.505 e. The number of anilines is 1. The first kappa shape index (κ1) is 24.8. The second-order valence-corrected chi connectivity index (χ2v) is 8.74. The van der Waals surface area contributed by atoms with Gasteiger partial charge in [0.25, 0.3) is 15.9 Å². The molecule has 5 N–H and O–H groups in total. The predicted octanol–water partition coefficient (Wildman–Crippen LogP) is 2.72. The Hall–Kier alpha value is -3.81. The lowest BCUT2D eigenvalue weighted by atomic mass is 10.1. The van der Waals surface area contributed by atoms with Crippen LogP contribution < -0.4 is 16.4 Å². The zero-order chi connectivity index (χ0) is 25.4. The Labute approximate surface area is 191 Å². The van der Waals surface area contributed by atoms with Gasteiger partial charge in [0.2, 0.25) is 0 Å². The topological polar surface area (TPSA) is 164 Å². The average molecular weight is 500 g/mol. The lowest BCUT2D eigenvalue weighted by molar-refractivity contribution is -0.138. The molecule has 0 saturated carbocycles. The number of carbonyl (C=O) groups excluding carboxylic acids is 2. The molecular weight excluding hydrogens is 481 g/mol. The van der Waals surface area contributed by atoms with Crippen molar-refractivity contribution in [2.24, 2.45) is 10.1 Å². The van der Waals surface area contributed by atoms with Gasteiger partial charge in [0.15, 0.2) is 17.0 Å². The van der Waals surface area contributed by atoms with Crippen LogP contribution in [0, 0.1) is 6.92 Å². The molecule has 2 aromatic rings. The first-order chi connectivity index (χ1) is 15.8. The minimum absolute atomic E-state index is 0.197. The molecule has 2 heterocycles. The fourth-order valence-corrected chi connectivity index (χ4v) is 4.44. The number of alkyl halides is 3. The molecule has 14 heteroatoms. The zero-order valence-electron chi connectivity index (χ0n) is 17.7. The SMILES string of the molecule is CC[C@@H](NC1=NS(=O)(=O)C(C(N)=O)=C1Nc1ccc(C(F)(F)F)c(C=O)c1O)c1ccc(C)o1. The fourth-order valence-electron chi connectivity index (χ4n) is 3.30. The highest BCUT2D eigenvalue weighted by molar-refractivity contribution is 7.95. The Kier molecular flexibility index (Phi) is 6.46. The smallest absolute Gasteiger partial charge is 0.417 e. The number of hydrogen-bond acceptors (Lipinski definition) is 8. The van der Waals surface area contributed by atoms with Crippen molar-refractivity contribution in [2.75, 3.05) is 5.32 Å². The first-order valence-electron chi connectivity index (χ1n) is 9.67. The fraction of sp³-hybridized carbons (Fsp3) is 0.250. The maximum atomic E-state index is 13.2. The summed E-state index contributed by atoms with van der Waals surface area (Å²) in [6.07, 6.45) is -4.76. The number of phenols is 1. The Bertz CT molecular complexity index is 1330. The third-order valence-corrected chi connectivity index (χ3v) is 6.23. The van der Waals surface area contributed by atoms with Gasteiger partial charge in [-0.2, -0.15) is 21.6 Å². The van der Waals surface area contributed by atoms with E-state index in [1.165, 1.54) is 0 Å². The Morgan fingerprint density at radius 2 is 1.97 bits per heavy atom. The van der Waals surface area contributed by atoms with E-state index >= 15 is 0 Å². The molecule has 0 aliphatic carbocycles. The normalized spacial score (nSPS) is 16.2. The molecule has 3 rings (SSSR count).